The van der Waals surface area contributed by atoms with Crippen molar-refractivity contribution in [2.75, 3.05) is 5.32 Å². The minimum atomic E-state index is -0.574. The number of nitrogens with zero attached hydrogens (tertiary/aromatic N) is 4. The number of nitrogens with one attached hydrogen (secondary N) is 1. The Kier molecular flexibility index (Phi) is 4.51. The molecule has 1 amide bonds. The Balaban J connectivity index is 1.42. The summed E-state index contributed by atoms with van der Waals surface area (Å²) >= 11 is 0. The summed E-state index contributed by atoms with van der Waals surface area (Å²) in [6.45, 7) is 1.86. The Hall–Kier alpha value is -4.33. The van der Waals surface area contributed by atoms with E-state index >= 15 is 0 Å². The number of carbonyl (C=O) groups excluding carboxylic acids is 1. The van der Waals surface area contributed by atoms with Gasteiger partial charge in [-0.15, -0.1) is 10.2 Å². The van der Waals surface area contributed by atoms with E-state index in [0.29, 0.717) is 23.0 Å². The van der Waals surface area contributed by atoms with Crippen LogP contribution in [0.25, 0.3) is 16.7 Å². The van der Waals surface area contributed by atoms with Gasteiger partial charge in [0.1, 0.15) is 17.4 Å². The zero-order chi connectivity index (χ0) is 21.4. The highest BCUT2D eigenvalue weighted by molar-refractivity contribution is 6.04. The summed E-state index contributed by atoms with van der Waals surface area (Å²) in [5, 5.41) is 11.0. The third kappa shape index (κ3) is 3.44. The molecule has 2 heterocycles. The Morgan fingerprint density at radius 3 is 2.52 bits per heavy atom. The lowest BCUT2D eigenvalue weighted by molar-refractivity contribution is 0.102. The van der Waals surface area contributed by atoms with Crippen molar-refractivity contribution in [1.82, 2.24) is 19.6 Å². The van der Waals surface area contributed by atoms with Crippen LogP contribution in [0.5, 0.6) is 11.6 Å². The van der Waals surface area contributed by atoms with Crippen LogP contribution in [0, 0.1) is 12.7 Å². The highest BCUT2D eigenvalue weighted by Crippen LogP contribution is 2.28. The van der Waals surface area contributed by atoms with Crippen molar-refractivity contribution in [3.05, 3.63) is 90.0 Å². The summed E-state index contributed by atoms with van der Waals surface area (Å²) in [6.07, 6.45) is 0. The highest BCUT2D eigenvalue weighted by atomic mass is 19.1. The van der Waals surface area contributed by atoms with Gasteiger partial charge in [0.25, 0.3) is 11.8 Å². The smallest absolute Gasteiger partial charge is 0.266 e. The van der Waals surface area contributed by atoms with Crippen LogP contribution in [-0.2, 0) is 0 Å². The van der Waals surface area contributed by atoms with Crippen molar-refractivity contribution in [1.29, 1.82) is 0 Å². The fourth-order valence-corrected chi connectivity index (χ4v) is 3.33. The molecule has 0 fully saturated rings. The van der Waals surface area contributed by atoms with Gasteiger partial charge in [-0.1, -0.05) is 24.3 Å². The quantitative estimate of drug-likeness (QED) is 0.459. The van der Waals surface area contributed by atoms with Gasteiger partial charge in [0.15, 0.2) is 0 Å². The molecule has 31 heavy (non-hydrogen) atoms. The largest absolute Gasteiger partial charge is 0.436 e. The highest BCUT2D eigenvalue weighted by Gasteiger charge is 2.15. The van der Waals surface area contributed by atoms with Gasteiger partial charge in [0.05, 0.1) is 16.6 Å². The molecule has 152 valence electrons. The van der Waals surface area contributed by atoms with E-state index in [1.807, 2.05) is 35.6 Å². The van der Waals surface area contributed by atoms with Gasteiger partial charge in [0, 0.05) is 5.69 Å². The molecule has 0 saturated heterocycles. The number of aryl methyl sites for hydroxylation is 1. The molecule has 0 aliphatic carbocycles. The first-order valence-electron chi connectivity index (χ1n) is 9.54. The molecule has 5 rings (SSSR count). The Bertz CT molecular complexity index is 1430. The maximum atomic E-state index is 13.8. The van der Waals surface area contributed by atoms with Crippen LogP contribution in [0.4, 0.5) is 10.1 Å². The van der Waals surface area contributed by atoms with Gasteiger partial charge < -0.3 is 10.1 Å². The van der Waals surface area contributed by atoms with Crippen LogP contribution >= 0.6 is 0 Å². The van der Waals surface area contributed by atoms with E-state index in [0.717, 1.165) is 16.9 Å². The number of amides is 1. The summed E-state index contributed by atoms with van der Waals surface area (Å²) in [7, 11) is 0. The number of ether oxygens (including phenoxy) is 1. The summed E-state index contributed by atoms with van der Waals surface area (Å²) in [4.78, 5) is 16.8. The van der Waals surface area contributed by atoms with E-state index in [-0.39, 0.29) is 5.56 Å². The molecule has 5 aromatic rings. The minimum absolute atomic E-state index is 0.0206. The number of halogens is 1. The van der Waals surface area contributed by atoms with E-state index in [2.05, 4.69) is 20.5 Å². The molecule has 0 atom stereocenters. The van der Waals surface area contributed by atoms with Crippen LogP contribution in [0.1, 0.15) is 16.2 Å². The molecule has 3 aromatic carbocycles. The molecule has 0 aliphatic rings. The molecule has 0 radical (unpaired) electrons. The van der Waals surface area contributed by atoms with Crippen LogP contribution in [-0.4, -0.2) is 25.5 Å². The second-order valence-corrected chi connectivity index (χ2v) is 6.87. The molecule has 8 heteroatoms. The molecular formula is C23H16FN5O2. The summed E-state index contributed by atoms with van der Waals surface area (Å²) in [5.41, 5.74) is 2.64. The van der Waals surface area contributed by atoms with Gasteiger partial charge in [0.2, 0.25) is 5.65 Å². The SMILES string of the molecule is Cc1nnc2c(Oc3ccc(NC(=O)c4ccccc4F)cc3)nc3ccccc3n12. The zero-order valence-electron chi connectivity index (χ0n) is 16.4. The lowest BCUT2D eigenvalue weighted by atomic mass is 10.2. The van der Waals surface area contributed by atoms with Gasteiger partial charge in [-0.05, 0) is 55.5 Å². The van der Waals surface area contributed by atoms with Crippen molar-refractivity contribution in [2.24, 2.45) is 0 Å². The molecule has 2 aromatic heterocycles. The molecule has 0 aliphatic heterocycles. The second kappa shape index (κ2) is 7.49. The monoisotopic (exact) mass is 413 g/mol. The van der Waals surface area contributed by atoms with Crippen molar-refractivity contribution >= 4 is 28.3 Å². The zero-order valence-corrected chi connectivity index (χ0v) is 16.4. The average molecular weight is 413 g/mol. The van der Waals surface area contributed by atoms with Gasteiger partial charge in [-0.3, -0.25) is 9.20 Å². The fourth-order valence-electron chi connectivity index (χ4n) is 3.33. The van der Waals surface area contributed by atoms with Crippen LogP contribution < -0.4 is 10.1 Å². The average Bonchev–Trinajstić information content (AvgIpc) is 3.18. The molecule has 0 bridgehead atoms. The molecule has 1 N–H and O–H groups in total. The first-order valence-corrected chi connectivity index (χ1v) is 9.54. The van der Waals surface area contributed by atoms with E-state index in [4.69, 9.17) is 4.74 Å². The maximum absolute atomic E-state index is 13.8. The molecule has 0 spiro atoms. The van der Waals surface area contributed by atoms with Crippen LogP contribution in [0.2, 0.25) is 0 Å². The lowest BCUT2D eigenvalue weighted by Crippen LogP contribution is -2.13. The number of rotatable bonds is 4. The predicted molar refractivity (Wildman–Crippen MR) is 114 cm³/mol. The number of hydrogen-bond donors (Lipinski definition) is 1. The number of hydrogen-bond acceptors (Lipinski definition) is 5. The summed E-state index contributed by atoms with van der Waals surface area (Å²) < 4.78 is 21.6. The number of benzene rings is 3. The Labute approximate surface area is 176 Å². The standard InChI is InChI=1S/C23H16FN5O2/c1-14-27-28-21-23(26-19-8-4-5-9-20(19)29(14)21)31-16-12-10-15(11-13-16)25-22(30)17-6-2-3-7-18(17)24/h2-13H,1H3,(H,25,30). The number of para-hydroxylation sites is 2. The molecule has 0 saturated carbocycles. The van der Waals surface area contributed by atoms with Gasteiger partial charge >= 0.3 is 0 Å². The summed E-state index contributed by atoms with van der Waals surface area (Å²) in [5.74, 6) is 0.458. The summed E-state index contributed by atoms with van der Waals surface area (Å²) in [6, 6.07) is 20.2. The molecule has 0 unspecified atom stereocenters. The van der Waals surface area contributed by atoms with Gasteiger partial charge in [-0.2, -0.15) is 0 Å². The Morgan fingerprint density at radius 2 is 1.71 bits per heavy atom. The van der Waals surface area contributed by atoms with E-state index < -0.39 is 11.7 Å². The fraction of sp³-hybridized carbons (Fsp3) is 0.0435. The lowest BCUT2D eigenvalue weighted by Gasteiger charge is -2.10. The van der Waals surface area contributed by atoms with Gasteiger partial charge in [-0.25, -0.2) is 9.37 Å². The third-order valence-electron chi connectivity index (χ3n) is 4.81. The normalized spacial score (nSPS) is 11.0. The van der Waals surface area contributed by atoms with Crippen LogP contribution in [0.15, 0.2) is 72.8 Å². The number of aromatic nitrogens is 4. The topological polar surface area (TPSA) is 81.4 Å². The minimum Gasteiger partial charge on any atom is -0.436 e. The van der Waals surface area contributed by atoms with Crippen molar-refractivity contribution in [3.8, 4) is 11.6 Å². The molecular weight excluding hydrogens is 397 g/mol. The van der Waals surface area contributed by atoms with Crippen molar-refractivity contribution in [3.63, 3.8) is 0 Å². The Morgan fingerprint density at radius 1 is 0.968 bits per heavy atom. The number of anilines is 1. The van der Waals surface area contributed by atoms with Crippen LogP contribution in [0.3, 0.4) is 0 Å². The number of fused-ring (bicyclic) bond motifs is 3. The predicted octanol–water partition coefficient (Wildman–Crippen LogP) is 4.77. The van der Waals surface area contributed by atoms with Crippen molar-refractivity contribution < 1.29 is 13.9 Å². The van der Waals surface area contributed by atoms with E-state index in [1.54, 1.807) is 30.3 Å². The second-order valence-electron chi connectivity index (χ2n) is 6.87. The van der Waals surface area contributed by atoms with E-state index in [9.17, 15) is 9.18 Å². The first-order chi connectivity index (χ1) is 15.1. The van der Waals surface area contributed by atoms with Crippen molar-refractivity contribution in [2.45, 2.75) is 6.92 Å². The number of carbonyl (C=O) groups is 1. The first kappa shape index (κ1) is 18.7. The third-order valence-corrected chi connectivity index (χ3v) is 4.81. The maximum Gasteiger partial charge on any atom is 0.266 e. The molecule has 7 nitrogen and oxygen atoms in total. The van der Waals surface area contributed by atoms with E-state index in [1.165, 1.54) is 18.2 Å².